The predicted octanol–water partition coefficient (Wildman–Crippen LogP) is 3.39. The molecule has 2 rings (SSSR count). The van der Waals surface area contributed by atoms with Gasteiger partial charge in [0, 0.05) is 10.4 Å². The topological polar surface area (TPSA) is 52.9 Å². The van der Waals surface area contributed by atoms with E-state index in [1.54, 1.807) is 11.3 Å². The van der Waals surface area contributed by atoms with Crippen molar-refractivity contribution in [1.82, 2.24) is 0 Å². The normalized spacial score (nSPS) is 12.0. The molecule has 1 heterocycles. The van der Waals surface area contributed by atoms with Crippen molar-refractivity contribution in [3.05, 3.63) is 29.6 Å². The highest BCUT2D eigenvalue weighted by Gasteiger charge is 2.15. The standard InChI is InChI=1S/C13H12N2OS/c1-2-9(8-14)13(16)15-11-3-4-12-10(7-11)5-6-17-12/h3-7,9H,2H2,1H3,(H,15,16). The summed E-state index contributed by atoms with van der Waals surface area (Å²) in [5.74, 6) is -0.808. The number of hydrogen-bond acceptors (Lipinski definition) is 3. The summed E-state index contributed by atoms with van der Waals surface area (Å²) in [7, 11) is 0. The SMILES string of the molecule is CCC(C#N)C(=O)Nc1ccc2sccc2c1. The Balaban J connectivity index is 2.18. The lowest BCUT2D eigenvalue weighted by Gasteiger charge is -2.08. The fourth-order valence-electron chi connectivity index (χ4n) is 1.61. The van der Waals surface area contributed by atoms with Crippen LogP contribution in [0.15, 0.2) is 29.6 Å². The lowest BCUT2D eigenvalue weighted by atomic mass is 10.1. The van der Waals surface area contributed by atoms with E-state index in [4.69, 9.17) is 5.26 Å². The molecule has 1 aromatic heterocycles. The van der Waals surface area contributed by atoms with Crippen LogP contribution in [0, 0.1) is 17.2 Å². The number of nitrogens with zero attached hydrogens (tertiary/aromatic N) is 1. The number of fused-ring (bicyclic) bond motifs is 1. The Labute approximate surface area is 104 Å². The van der Waals surface area contributed by atoms with Crippen LogP contribution >= 0.6 is 11.3 Å². The van der Waals surface area contributed by atoms with Gasteiger partial charge in [0.1, 0.15) is 5.92 Å². The van der Waals surface area contributed by atoms with E-state index in [2.05, 4.69) is 5.32 Å². The lowest BCUT2D eigenvalue weighted by Crippen LogP contribution is -2.20. The molecule has 4 heteroatoms. The summed E-state index contributed by atoms with van der Waals surface area (Å²) in [4.78, 5) is 11.7. The lowest BCUT2D eigenvalue weighted by molar-refractivity contribution is -0.118. The summed E-state index contributed by atoms with van der Waals surface area (Å²) in [5, 5.41) is 14.7. The van der Waals surface area contributed by atoms with Crippen molar-refractivity contribution < 1.29 is 4.79 Å². The van der Waals surface area contributed by atoms with Crippen molar-refractivity contribution in [1.29, 1.82) is 5.26 Å². The molecule has 1 unspecified atom stereocenters. The van der Waals surface area contributed by atoms with Gasteiger partial charge in [0.05, 0.1) is 6.07 Å². The molecule has 86 valence electrons. The third-order valence-electron chi connectivity index (χ3n) is 2.60. The van der Waals surface area contributed by atoms with Crippen LogP contribution in [-0.4, -0.2) is 5.91 Å². The molecule has 1 atom stereocenters. The van der Waals surface area contributed by atoms with Gasteiger partial charge in [-0.1, -0.05) is 6.92 Å². The molecule has 2 aromatic rings. The second kappa shape index (κ2) is 4.98. The highest BCUT2D eigenvalue weighted by molar-refractivity contribution is 7.17. The minimum Gasteiger partial charge on any atom is -0.325 e. The monoisotopic (exact) mass is 244 g/mol. The number of hydrogen-bond donors (Lipinski definition) is 1. The largest absolute Gasteiger partial charge is 0.325 e. The van der Waals surface area contributed by atoms with Crippen molar-refractivity contribution in [2.75, 3.05) is 5.32 Å². The van der Waals surface area contributed by atoms with Crippen LogP contribution < -0.4 is 5.32 Å². The number of thiophene rings is 1. The molecule has 0 fully saturated rings. The van der Waals surface area contributed by atoms with E-state index in [9.17, 15) is 4.79 Å². The average molecular weight is 244 g/mol. The van der Waals surface area contributed by atoms with Crippen molar-refractivity contribution >= 4 is 33.0 Å². The highest BCUT2D eigenvalue weighted by Crippen LogP contribution is 2.24. The number of anilines is 1. The average Bonchev–Trinajstić information content (AvgIpc) is 2.77. The van der Waals surface area contributed by atoms with Crippen LogP contribution in [0.4, 0.5) is 5.69 Å². The van der Waals surface area contributed by atoms with Gasteiger partial charge in [-0.15, -0.1) is 11.3 Å². The second-order valence-electron chi connectivity index (χ2n) is 3.75. The first-order chi connectivity index (χ1) is 8.24. The smallest absolute Gasteiger partial charge is 0.241 e. The molecule has 0 aliphatic rings. The molecule has 0 aliphatic heterocycles. The van der Waals surface area contributed by atoms with Gasteiger partial charge >= 0.3 is 0 Å². The van der Waals surface area contributed by atoms with Gasteiger partial charge < -0.3 is 5.32 Å². The Kier molecular flexibility index (Phi) is 3.40. The number of nitrogens with one attached hydrogen (secondary N) is 1. The molecule has 17 heavy (non-hydrogen) atoms. The number of rotatable bonds is 3. The molecule has 0 radical (unpaired) electrons. The summed E-state index contributed by atoms with van der Waals surface area (Å²) >= 11 is 1.67. The Morgan fingerprint density at radius 3 is 3.06 bits per heavy atom. The Bertz CT molecular complexity index is 582. The molecular formula is C13H12N2OS. The summed E-state index contributed by atoms with van der Waals surface area (Å²) in [6, 6.07) is 9.77. The quantitative estimate of drug-likeness (QED) is 0.899. The van der Waals surface area contributed by atoms with Crippen molar-refractivity contribution in [2.24, 2.45) is 5.92 Å². The van der Waals surface area contributed by atoms with Gasteiger partial charge in [0.2, 0.25) is 5.91 Å². The minimum atomic E-state index is -0.576. The van der Waals surface area contributed by atoms with Crippen LogP contribution in [0.5, 0.6) is 0 Å². The van der Waals surface area contributed by atoms with Crippen LogP contribution in [0.1, 0.15) is 13.3 Å². The van der Waals surface area contributed by atoms with E-state index in [0.717, 1.165) is 11.1 Å². The molecule has 0 spiro atoms. The van der Waals surface area contributed by atoms with Gasteiger partial charge in [-0.2, -0.15) is 5.26 Å². The first kappa shape index (κ1) is 11.6. The predicted molar refractivity (Wildman–Crippen MR) is 69.8 cm³/mol. The third kappa shape index (κ3) is 2.45. The van der Waals surface area contributed by atoms with Gasteiger partial charge in [-0.05, 0) is 41.5 Å². The second-order valence-corrected chi connectivity index (χ2v) is 4.70. The maximum Gasteiger partial charge on any atom is 0.241 e. The zero-order valence-electron chi connectivity index (χ0n) is 9.43. The minimum absolute atomic E-state index is 0.232. The number of benzene rings is 1. The van der Waals surface area contributed by atoms with E-state index in [-0.39, 0.29) is 5.91 Å². The number of nitriles is 1. The number of carbonyl (C=O) groups excluding carboxylic acids is 1. The molecular weight excluding hydrogens is 232 g/mol. The fraction of sp³-hybridized carbons (Fsp3) is 0.231. The van der Waals surface area contributed by atoms with Gasteiger partial charge in [0.15, 0.2) is 0 Å². The van der Waals surface area contributed by atoms with E-state index < -0.39 is 5.92 Å². The van der Waals surface area contributed by atoms with Crippen LogP contribution in [0.2, 0.25) is 0 Å². The van der Waals surface area contributed by atoms with E-state index in [1.165, 1.54) is 4.70 Å². The van der Waals surface area contributed by atoms with E-state index in [1.807, 2.05) is 42.6 Å². The first-order valence-electron chi connectivity index (χ1n) is 5.42. The van der Waals surface area contributed by atoms with Crippen molar-refractivity contribution in [2.45, 2.75) is 13.3 Å². The Morgan fingerprint density at radius 2 is 2.35 bits per heavy atom. The molecule has 1 N–H and O–H groups in total. The molecule has 0 saturated carbocycles. The zero-order chi connectivity index (χ0) is 12.3. The Morgan fingerprint density at radius 1 is 1.53 bits per heavy atom. The molecule has 0 aliphatic carbocycles. The fourth-order valence-corrected chi connectivity index (χ4v) is 2.38. The van der Waals surface area contributed by atoms with Crippen molar-refractivity contribution in [3.63, 3.8) is 0 Å². The van der Waals surface area contributed by atoms with E-state index in [0.29, 0.717) is 6.42 Å². The maximum absolute atomic E-state index is 11.7. The summed E-state index contributed by atoms with van der Waals surface area (Å²) in [6.45, 7) is 1.83. The van der Waals surface area contributed by atoms with Crippen molar-refractivity contribution in [3.8, 4) is 6.07 Å². The molecule has 1 aromatic carbocycles. The van der Waals surface area contributed by atoms with Gasteiger partial charge in [-0.3, -0.25) is 4.79 Å². The molecule has 1 amide bonds. The van der Waals surface area contributed by atoms with Gasteiger partial charge in [-0.25, -0.2) is 0 Å². The molecule has 0 saturated heterocycles. The molecule has 3 nitrogen and oxygen atoms in total. The van der Waals surface area contributed by atoms with Crippen LogP contribution in [-0.2, 0) is 4.79 Å². The van der Waals surface area contributed by atoms with Crippen LogP contribution in [0.3, 0.4) is 0 Å². The summed E-state index contributed by atoms with van der Waals surface area (Å²) in [6.07, 6.45) is 0.531. The first-order valence-corrected chi connectivity index (χ1v) is 6.30. The zero-order valence-corrected chi connectivity index (χ0v) is 10.3. The summed E-state index contributed by atoms with van der Waals surface area (Å²) in [5.41, 5.74) is 0.745. The number of amides is 1. The Hall–Kier alpha value is -1.86. The maximum atomic E-state index is 11.7. The van der Waals surface area contributed by atoms with E-state index >= 15 is 0 Å². The molecule has 0 bridgehead atoms. The number of carbonyl (C=O) groups is 1. The van der Waals surface area contributed by atoms with Gasteiger partial charge in [0.25, 0.3) is 0 Å². The highest BCUT2D eigenvalue weighted by atomic mass is 32.1. The summed E-state index contributed by atoms with van der Waals surface area (Å²) < 4.78 is 1.19. The van der Waals surface area contributed by atoms with Crippen LogP contribution in [0.25, 0.3) is 10.1 Å². The third-order valence-corrected chi connectivity index (χ3v) is 3.50.